The molecule has 1 aromatic carbocycles. The highest BCUT2D eigenvalue weighted by atomic mass is 16.5. The number of ether oxygens (including phenoxy) is 1. The minimum Gasteiger partial charge on any atom is -0.494 e. The number of imidazole rings is 1. The van der Waals surface area contributed by atoms with Gasteiger partial charge in [0.2, 0.25) is 11.8 Å². The number of fused-ring (bicyclic) bond motifs is 4. The van der Waals surface area contributed by atoms with Crippen molar-refractivity contribution < 1.29 is 19.4 Å². The molecule has 2 amide bonds. The number of hydrogen-bond acceptors (Lipinski definition) is 7. The van der Waals surface area contributed by atoms with Gasteiger partial charge in [-0.05, 0) is 43.5 Å². The molecule has 0 radical (unpaired) electrons. The van der Waals surface area contributed by atoms with Gasteiger partial charge in [0.15, 0.2) is 0 Å². The fourth-order valence-electron chi connectivity index (χ4n) is 4.32. The van der Waals surface area contributed by atoms with E-state index >= 15 is 0 Å². The predicted molar refractivity (Wildman–Crippen MR) is 139 cm³/mol. The van der Waals surface area contributed by atoms with Gasteiger partial charge >= 0.3 is 0 Å². The van der Waals surface area contributed by atoms with Gasteiger partial charge in [0.05, 0.1) is 19.3 Å². The van der Waals surface area contributed by atoms with Crippen LogP contribution < -0.4 is 15.4 Å². The molecular weight excluding hydrogens is 472 g/mol. The van der Waals surface area contributed by atoms with Crippen molar-refractivity contribution in [3.63, 3.8) is 0 Å². The molecule has 2 aromatic heterocycles. The summed E-state index contributed by atoms with van der Waals surface area (Å²) >= 11 is 0. The van der Waals surface area contributed by atoms with Crippen LogP contribution in [0.3, 0.4) is 0 Å². The van der Waals surface area contributed by atoms with Gasteiger partial charge in [-0.15, -0.1) is 0 Å². The van der Waals surface area contributed by atoms with Gasteiger partial charge in [0.25, 0.3) is 0 Å². The van der Waals surface area contributed by atoms with Crippen LogP contribution >= 0.6 is 0 Å². The molecule has 3 N–H and O–H groups in total. The van der Waals surface area contributed by atoms with E-state index in [1.54, 1.807) is 18.6 Å². The van der Waals surface area contributed by atoms with Crippen molar-refractivity contribution in [1.82, 2.24) is 30.1 Å². The second-order valence-electron chi connectivity index (χ2n) is 9.18. The monoisotopic (exact) mass is 506 g/mol. The largest absolute Gasteiger partial charge is 0.494 e. The van der Waals surface area contributed by atoms with Gasteiger partial charge in [0.1, 0.15) is 17.6 Å². The van der Waals surface area contributed by atoms with Crippen LogP contribution in [0.4, 0.5) is 0 Å². The number of nitrogens with one attached hydrogen (secondary N) is 2. The van der Waals surface area contributed by atoms with Crippen LogP contribution in [-0.4, -0.2) is 74.7 Å². The van der Waals surface area contributed by atoms with Crippen molar-refractivity contribution in [2.45, 2.75) is 45.0 Å². The van der Waals surface area contributed by atoms with Gasteiger partial charge in [0, 0.05) is 56.5 Å². The number of hydrogen-bond donors (Lipinski definition) is 3. The van der Waals surface area contributed by atoms with Crippen LogP contribution in [0.5, 0.6) is 5.75 Å². The topological polar surface area (TPSA) is 122 Å². The van der Waals surface area contributed by atoms with E-state index in [1.165, 1.54) is 6.92 Å². The lowest BCUT2D eigenvalue weighted by Crippen LogP contribution is -2.54. The Hall–Kier alpha value is -3.76. The Morgan fingerprint density at radius 2 is 2.05 bits per heavy atom. The first-order valence-electron chi connectivity index (χ1n) is 12.6. The van der Waals surface area contributed by atoms with Crippen LogP contribution in [0.25, 0.3) is 11.4 Å². The second kappa shape index (κ2) is 13.0. The van der Waals surface area contributed by atoms with E-state index in [9.17, 15) is 14.7 Å². The second-order valence-corrected chi connectivity index (χ2v) is 9.18. The molecule has 1 aliphatic heterocycles. The average molecular weight is 507 g/mol. The number of carbonyl (C=O) groups is 2. The summed E-state index contributed by atoms with van der Waals surface area (Å²) in [5.41, 5.74) is 1.93. The maximum Gasteiger partial charge on any atom is 0.245 e. The van der Waals surface area contributed by atoms with Gasteiger partial charge < -0.3 is 25.0 Å². The SMILES string of the molecule is C[C@@H](O)[C@@H]1NC(=O)CN(Cc2cccnc2)CCCOc2cccc(c2)-c2nccn2CCCNC1=O. The molecule has 10 heteroatoms. The molecule has 2 atom stereocenters. The van der Waals surface area contributed by atoms with E-state index in [0.29, 0.717) is 45.6 Å². The van der Waals surface area contributed by atoms with Crippen molar-refractivity contribution >= 4 is 11.8 Å². The molecule has 196 valence electrons. The van der Waals surface area contributed by atoms with Gasteiger partial charge in [-0.3, -0.25) is 19.5 Å². The molecule has 0 saturated heterocycles. The zero-order chi connectivity index (χ0) is 26.0. The molecule has 4 rings (SSSR count). The van der Waals surface area contributed by atoms with Crippen molar-refractivity contribution in [2.75, 3.05) is 26.2 Å². The van der Waals surface area contributed by atoms with Crippen molar-refractivity contribution in [1.29, 1.82) is 0 Å². The Labute approximate surface area is 216 Å². The minimum atomic E-state index is -1.04. The number of aryl methyl sites for hydroxylation is 1. The first-order chi connectivity index (χ1) is 18.0. The van der Waals surface area contributed by atoms with E-state index in [4.69, 9.17) is 4.74 Å². The zero-order valence-electron chi connectivity index (χ0n) is 21.0. The summed E-state index contributed by atoms with van der Waals surface area (Å²) < 4.78 is 8.06. The maximum atomic E-state index is 12.9. The van der Waals surface area contributed by atoms with Crippen molar-refractivity contribution in [3.05, 3.63) is 66.7 Å². The van der Waals surface area contributed by atoms with Gasteiger partial charge in [-0.2, -0.15) is 0 Å². The number of aliphatic hydroxyl groups excluding tert-OH is 1. The number of rotatable bonds is 3. The summed E-state index contributed by atoms with van der Waals surface area (Å²) in [5.74, 6) is 0.839. The Morgan fingerprint density at radius 1 is 1.16 bits per heavy atom. The molecule has 0 aliphatic carbocycles. The summed E-state index contributed by atoms with van der Waals surface area (Å²) in [6.07, 6.45) is 7.44. The number of nitrogens with zero attached hydrogens (tertiary/aromatic N) is 4. The van der Waals surface area contributed by atoms with E-state index in [1.807, 2.05) is 52.1 Å². The molecule has 0 saturated carbocycles. The van der Waals surface area contributed by atoms with Gasteiger partial charge in [-0.1, -0.05) is 18.2 Å². The van der Waals surface area contributed by atoms with Crippen LogP contribution in [-0.2, 0) is 22.7 Å². The van der Waals surface area contributed by atoms with Gasteiger partial charge in [-0.25, -0.2) is 4.98 Å². The Kier molecular flexibility index (Phi) is 9.23. The third-order valence-corrected chi connectivity index (χ3v) is 6.15. The third-order valence-electron chi connectivity index (χ3n) is 6.15. The molecule has 10 nitrogen and oxygen atoms in total. The highest BCUT2D eigenvalue weighted by molar-refractivity contribution is 5.88. The molecular formula is C27H34N6O4. The summed E-state index contributed by atoms with van der Waals surface area (Å²) in [6, 6.07) is 10.6. The minimum absolute atomic E-state index is 0.0714. The first-order valence-corrected chi connectivity index (χ1v) is 12.6. The zero-order valence-corrected chi connectivity index (χ0v) is 21.0. The molecule has 0 fully saturated rings. The summed E-state index contributed by atoms with van der Waals surface area (Å²) in [5, 5.41) is 15.7. The van der Waals surface area contributed by atoms with E-state index in [-0.39, 0.29) is 12.5 Å². The number of amides is 2. The van der Waals surface area contributed by atoms with Crippen LogP contribution in [0.1, 0.15) is 25.3 Å². The summed E-state index contributed by atoms with van der Waals surface area (Å²) in [7, 11) is 0. The first kappa shape index (κ1) is 26.3. The van der Waals surface area contributed by atoms with E-state index < -0.39 is 18.1 Å². The standard InChI is InChI=1S/C27H34N6O4/c1-20(34)25-27(36)30-10-4-13-33-14-11-29-26(33)22-7-2-8-23(16-22)37-15-5-12-32(19-24(35)31-25)18-21-6-3-9-28-17-21/h2-3,6-9,11,14,16-17,20,25,34H,4-5,10,12-13,15,18-19H2,1H3,(H,30,36)(H,31,35)/t20-,25+/m1/s1. The summed E-state index contributed by atoms with van der Waals surface area (Å²) in [6.45, 7) is 4.20. The van der Waals surface area contributed by atoms with Crippen LogP contribution in [0.15, 0.2) is 61.2 Å². The smallest absolute Gasteiger partial charge is 0.245 e. The number of pyridine rings is 1. The fourth-order valence-corrected chi connectivity index (χ4v) is 4.32. The van der Waals surface area contributed by atoms with Crippen LogP contribution in [0.2, 0.25) is 0 Å². The van der Waals surface area contributed by atoms with Crippen molar-refractivity contribution in [2.24, 2.45) is 0 Å². The Balaban J connectivity index is 1.52. The molecule has 3 aromatic rings. The molecule has 3 heterocycles. The molecule has 37 heavy (non-hydrogen) atoms. The van der Waals surface area contributed by atoms with E-state index in [0.717, 1.165) is 22.7 Å². The molecule has 2 bridgehead atoms. The summed E-state index contributed by atoms with van der Waals surface area (Å²) in [4.78, 5) is 36.3. The lowest BCUT2D eigenvalue weighted by Gasteiger charge is -2.25. The highest BCUT2D eigenvalue weighted by Crippen LogP contribution is 2.23. The quantitative estimate of drug-likeness (QED) is 0.493. The lowest BCUT2D eigenvalue weighted by atomic mass is 10.1. The Morgan fingerprint density at radius 3 is 2.86 bits per heavy atom. The number of aromatic nitrogens is 3. The van der Waals surface area contributed by atoms with Crippen LogP contribution in [0, 0.1) is 0 Å². The number of benzene rings is 1. The lowest BCUT2D eigenvalue weighted by molar-refractivity contribution is -0.132. The highest BCUT2D eigenvalue weighted by Gasteiger charge is 2.26. The maximum absolute atomic E-state index is 12.9. The predicted octanol–water partition coefficient (Wildman–Crippen LogP) is 1.60. The molecule has 0 spiro atoms. The Bertz CT molecular complexity index is 1170. The normalized spacial score (nSPS) is 19.2. The molecule has 1 aliphatic rings. The number of aliphatic hydroxyl groups is 1. The average Bonchev–Trinajstić information content (AvgIpc) is 3.36. The van der Waals surface area contributed by atoms with E-state index in [2.05, 4.69) is 20.6 Å². The fraction of sp³-hybridized carbons (Fsp3) is 0.407. The third kappa shape index (κ3) is 7.61. The van der Waals surface area contributed by atoms with Crippen molar-refractivity contribution in [3.8, 4) is 17.1 Å². The molecule has 0 unspecified atom stereocenters. The number of carbonyl (C=O) groups excluding carboxylic acids is 2.